The van der Waals surface area contributed by atoms with E-state index in [1.165, 1.54) is 49.6 Å². The zero-order chi connectivity index (χ0) is 24.5. The number of anilines is 1. The Hall–Kier alpha value is -4.97. The Morgan fingerprint density at radius 2 is 1.79 bits per heavy atom. The molecule has 1 amide bonds. The molecule has 0 unspecified atom stereocenters. The number of hydrogen-bond acceptors (Lipinski definition) is 7. The van der Waals surface area contributed by atoms with E-state index in [0.29, 0.717) is 22.6 Å². The predicted molar refractivity (Wildman–Crippen MR) is 124 cm³/mol. The van der Waals surface area contributed by atoms with E-state index < -0.39 is 16.8 Å². The first-order chi connectivity index (χ1) is 16.4. The van der Waals surface area contributed by atoms with Gasteiger partial charge in [-0.2, -0.15) is 5.26 Å². The predicted octanol–water partition coefficient (Wildman–Crippen LogP) is 4.51. The van der Waals surface area contributed by atoms with Crippen LogP contribution >= 0.6 is 0 Å². The molecule has 170 valence electrons. The maximum atomic E-state index is 12.5. The second-order valence-corrected chi connectivity index (χ2v) is 6.98. The number of benzene rings is 3. The number of ether oxygens (including phenoxy) is 2. The van der Waals surface area contributed by atoms with Crippen LogP contribution in [0.15, 0.2) is 78.4 Å². The van der Waals surface area contributed by atoms with Crippen molar-refractivity contribution in [2.75, 3.05) is 12.4 Å². The second-order valence-electron chi connectivity index (χ2n) is 6.98. The first-order valence-electron chi connectivity index (χ1n) is 9.97. The topological polar surface area (TPSA) is 132 Å². The lowest BCUT2D eigenvalue weighted by atomic mass is 10.1. The summed E-state index contributed by atoms with van der Waals surface area (Å²) in [5, 5.41) is 22.8. The fourth-order valence-corrected chi connectivity index (χ4v) is 2.90. The van der Waals surface area contributed by atoms with Crippen LogP contribution in [-0.2, 0) is 16.1 Å². The molecule has 3 aromatic carbocycles. The van der Waals surface area contributed by atoms with Crippen molar-refractivity contribution in [3.8, 4) is 11.8 Å². The molecule has 0 atom stereocenters. The minimum atomic E-state index is -0.606. The molecule has 0 spiro atoms. The highest BCUT2D eigenvalue weighted by Crippen LogP contribution is 2.19. The van der Waals surface area contributed by atoms with E-state index in [9.17, 15) is 25.0 Å². The van der Waals surface area contributed by atoms with Gasteiger partial charge >= 0.3 is 5.97 Å². The third-order valence-electron chi connectivity index (χ3n) is 4.65. The van der Waals surface area contributed by atoms with Gasteiger partial charge in [0.2, 0.25) is 0 Å². The van der Waals surface area contributed by atoms with Crippen molar-refractivity contribution in [2.45, 2.75) is 6.61 Å². The Morgan fingerprint density at radius 3 is 2.41 bits per heavy atom. The third-order valence-corrected chi connectivity index (χ3v) is 4.65. The fourth-order valence-electron chi connectivity index (χ4n) is 2.90. The summed E-state index contributed by atoms with van der Waals surface area (Å²) in [6.07, 6.45) is 1.43. The quantitative estimate of drug-likeness (QED) is 0.173. The number of rotatable bonds is 8. The largest absolute Gasteiger partial charge is 0.489 e. The molecular formula is C25H19N3O6. The smallest absolute Gasteiger partial charge is 0.337 e. The number of nitrogens with one attached hydrogen (secondary N) is 1. The lowest BCUT2D eigenvalue weighted by Crippen LogP contribution is -2.13. The third kappa shape index (κ3) is 6.27. The van der Waals surface area contributed by atoms with Gasteiger partial charge in [0.1, 0.15) is 24.0 Å². The molecule has 0 bridgehead atoms. The van der Waals surface area contributed by atoms with Gasteiger partial charge in [0.25, 0.3) is 11.6 Å². The van der Waals surface area contributed by atoms with Crippen LogP contribution < -0.4 is 10.1 Å². The first kappa shape index (κ1) is 23.7. The Bertz CT molecular complexity index is 1280. The average Bonchev–Trinajstić information content (AvgIpc) is 2.86. The van der Waals surface area contributed by atoms with Crippen LogP contribution in [0.4, 0.5) is 11.4 Å². The first-order valence-corrected chi connectivity index (χ1v) is 9.97. The van der Waals surface area contributed by atoms with Crippen LogP contribution in [0.3, 0.4) is 0 Å². The SMILES string of the molecule is COC(=O)c1ccc(NC(=O)/C(C#N)=C\c2cccc(OCc3ccc([N+](=O)[O-])cc3)c2)cc1. The number of nitro benzene ring substituents is 1. The molecule has 0 saturated heterocycles. The monoisotopic (exact) mass is 457 g/mol. The minimum Gasteiger partial charge on any atom is -0.489 e. The van der Waals surface area contributed by atoms with Gasteiger partial charge in [-0.1, -0.05) is 12.1 Å². The number of esters is 1. The van der Waals surface area contributed by atoms with Crippen LogP contribution in [0.1, 0.15) is 21.5 Å². The van der Waals surface area contributed by atoms with Gasteiger partial charge in [0.05, 0.1) is 17.6 Å². The number of carbonyl (C=O) groups excluding carboxylic acids is 2. The molecule has 0 aliphatic heterocycles. The second kappa shape index (κ2) is 11.1. The lowest BCUT2D eigenvalue weighted by molar-refractivity contribution is -0.384. The standard InChI is InChI=1S/C25H19N3O6/c1-33-25(30)19-7-9-21(10-8-19)27-24(29)20(15-26)13-18-3-2-4-23(14-18)34-16-17-5-11-22(12-6-17)28(31)32/h2-14H,16H2,1H3,(H,27,29)/b20-13-. The van der Waals surface area contributed by atoms with Gasteiger partial charge < -0.3 is 14.8 Å². The van der Waals surface area contributed by atoms with E-state index in [0.717, 1.165) is 5.56 Å². The number of amides is 1. The van der Waals surface area contributed by atoms with Crippen molar-refractivity contribution in [2.24, 2.45) is 0 Å². The van der Waals surface area contributed by atoms with Gasteiger partial charge in [-0.25, -0.2) is 4.79 Å². The number of non-ortho nitro benzene ring substituents is 1. The summed E-state index contributed by atoms with van der Waals surface area (Å²) in [4.78, 5) is 34.3. The summed E-state index contributed by atoms with van der Waals surface area (Å²) in [5.74, 6) is -0.597. The Labute approximate surface area is 195 Å². The van der Waals surface area contributed by atoms with Crippen LogP contribution in [0.25, 0.3) is 6.08 Å². The van der Waals surface area contributed by atoms with E-state index in [1.54, 1.807) is 36.4 Å². The number of methoxy groups -OCH3 is 1. The molecule has 1 N–H and O–H groups in total. The molecule has 34 heavy (non-hydrogen) atoms. The van der Waals surface area contributed by atoms with Gasteiger partial charge in [-0.15, -0.1) is 0 Å². The molecule has 9 nitrogen and oxygen atoms in total. The van der Waals surface area contributed by atoms with Gasteiger partial charge in [0, 0.05) is 17.8 Å². The molecule has 0 aliphatic rings. The van der Waals surface area contributed by atoms with E-state index in [-0.39, 0.29) is 17.9 Å². The van der Waals surface area contributed by atoms with Crippen LogP contribution in [0, 0.1) is 21.4 Å². The molecule has 0 aliphatic carbocycles. The van der Waals surface area contributed by atoms with Crippen molar-refractivity contribution in [3.05, 3.63) is 105 Å². The lowest BCUT2D eigenvalue weighted by Gasteiger charge is -2.08. The summed E-state index contributed by atoms with van der Waals surface area (Å²) in [7, 11) is 1.28. The number of nitro groups is 1. The number of nitrogens with zero attached hydrogens (tertiary/aromatic N) is 2. The highest BCUT2D eigenvalue weighted by atomic mass is 16.6. The van der Waals surface area contributed by atoms with E-state index in [1.807, 2.05) is 6.07 Å². The van der Waals surface area contributed by atoms with Gasteiger partial charge in [0.15, 0.2) is 0 Å². The van der Waals surface area contributed by atoms with Crippen molar-refractivity contribution < 1.29 is 24.0 Å². The van der Waals surface area contributed by atoms with E-state index in [2.05, 4.69) is 10.1 Å². The normalized spacial score (nSPS) is 10.6. The number of hydrogen-bond donors (Lipinski definition) is 1. The number of nitriles is 1. The van der Waals surface area contributed by atoms with Crippen molar-refractivity contribution in [3.63, 3.8) is 0 Å². The van der Waals surface area contributed by atoms with Crippen LogP contribution in [0.2, 0.25) is 0 Å². The van der Waals surface area contributed by atoms with Gasteiger partial charge in [-0.05, 0) is 65.7 Å². The molecule has 3 rings (SSSR count). The highest BCUT2D eigenvalue weighted by molar-refractivity contribution is 6.09. The van der Waals surface area contributed by atoms with Crippen molar-refractivity contribution in [1.82, 2.24) is 0 Å². The van der Waals surface area contributed by atoms with Crippen LogP contribution in [-0.4, -0.2) is 23.9 Å². The Kier molecular flexibility index (Phi) is 7.71. The molecule has 3 aromatic rings. The number of carbonyl (C=O) groups is 2. The summed E-state index contributed by atoms with van der Waals surface area (Å²) in [6.45, 7) is 0.193. The molecule has 9 heteroatoms. The molecule has 0 saturated carbocycles. The zero-order valence-electron chi connectivity index (χ0n) is 18.1. The maximum absolute atomic E-state index is 12.5. The summed E-state index contributed by atoms with van der Waals surface area (Å²) < 4.78 is 10.4. The highest BCUT2D eigenvalue weighted by Gasteiger charge is 2.11. The molecule has 0 heterocycles. The van der Waals surface area contributed by atoms with Gasteiger partial charge in [-0.3, -0.25) is 14.9 Å². The molecule has 0 radical (unpaired) electrons. The van der Waals surface area contributed by atoms with Crippen molar-refractivity contribution >= 4 is 29.3 Å². The zero-order valence-corrected chi connectivity index (χ0v) is 18.1. The Morgan fingerprint density at radius 1 is 1.09 bits per heavy atom. The van der Waals surface area contributed by atoms with Crippen LogP contribution in [0.5, 0.6) is 5.75 Å². The van der Waals surface area contributed by atoms with E-state index >= 15 is 0 Å². The summed E-state index contributed by atoms with van der Waals surface area (Å²) in [5.41, 5.74) is 1.96. The molecule has 0 fully saturated rings. The molecule has 0 aromatic heterocycles. The molecular weight excluding hydrogens is 438 g/mol. The average molecular weight is 457 g/mol. The summed E-state index contributed by atoms with van der Waals surface area (Å²) in [6, 6.07) is 20.8. The van der Waals surface area contributed by atoms with E-state index in [4.69, 9.17) is 4.74 Å². The fraction of sp³-hybridized carbons (Fsp3) is 0.0800. The summed E-state index contributed by atoms with van der Waals surface area (Å²) >= 11 is 0. The minimum absolute atomic E-state index is 0.00222. The maximum Gasteiger partial charge on any atom is 0.337 e. The Balaban J connectivity index is 1.66. The van der Waals surface area contributed by atoms with Crippen molar-refractivity contribution in [1.29, 1.82) is 5.26 Å².